The molecule has 1 aliphatic carbocycles. The number of likely N-dealkylation sites (tertiary alicyclic amines) is 2. The molecule has 2 fully saturated rings. The first-order valence-corrected chi connectivity index (χ1v) is 10.3. The van der Waals surface area contributed by atoms with Gasteiger partial charge in [-0.25, -0.2) is 4.79 Å². The van der Waals surface area contributed by atoms with Crippen LogP contribution in [0.5, 0.6) is 0 Å². The van der Waals surface area contributed by atoms with E-state index in [9.17, 15) is 9.59 Å². The zero-order valence-corrected chi connectivity index (χ0v) is 15.5. The number of nitrogens with one attached hydrogen (secondary N) is 1. The van der Waals surface area contributed by atoms with Gasteiger partial charge in [0.25, 0.3) is 0 Å². The molecule has 0 spiro atoms. The number of amides is 3. The minimum atomic E-state index is -0.0154. The highest BCUT2D eigenvalue weighted by Crippen LogP contribution is 2.34. The van der Waals surface area contributed by atoms with Gasteiger partial charge in [-0.3, -0.25) is 9.69 Å². The maximum absolute atomic E-state index is 12.6. The molecule has 5 heteroatoms. The minimum Gasteiger partial charge on any atom is -0.343 e. The first kappa shape index (κ1) is 18.3. The lowest BCUT2D eigenvalue weighted by atomic mass is 9.85. The standard InChI is InChI=1S/C20H33N3O2/c24-19(22-14-6-2-1-3-7-15-22)12-13-21-20(25)23-16-8-10-17-9-4-5-11-18(17)23/h11,17H,1-10,12-16H2,(H,21,25). The largest absolute Gasteiger partial charge is 0.343 e. The van der Waals surface area contributed by atoms with E-state index < -0.39 is 0 Å². The third-order valence-electron chi connectivity index (χ3n) is 5.84. The minimum absolute atomic E-state index is 0.0154. The highest BCUT2D eigenvalue weighted by molar-refractivity contribution is 5.79. The van der Waals surface area contributed by atoms with Gasteiger partial charge in [0, 0.05) is 38.3 Å². The van der Waals surface area contributed by atoms with Crippen molar-refractivity contribution in [1.82, 2.24) is 15.1 Å². The molecule has 0 bridgehead atoms. The predicted molar refractivity (Wildman–Crippen MR) is 99.0 cm³/mol. The Morgan fingerprint density at radius 2 is 1.68 bits per heavy atom. The van der Waals surface area contributed by atoms with Gasteiger partial charge in [0.15, 0.2) is 0 Å². The first-order valence-electron chi connectivity index (χ1n) is 10.3. The van der Waals surface area contributed by atoms with Gasteiger partial charge >= 0.3 is 6.03 Å². The quantitative estimate of drug-likeness (QED) is 0.847. The normalized spacial score (nSPS) is 24.6. The van der Waals surface area contributed by atoms with Crippen LogP contribution < -0.4 is 5.32 Å². The highest BCUT2D eigenvalue weighted by atomic mass is 16.2. The molecular weight excluding hydrogens is 314 g/mol. The van der Waals surface area contributed by atoms with Gasteiger partial charge in [0.05, 0.1) is 0 Å². The van der Waals surface area contributed by atoms with Crippen molar-refractivity contribution in [3.8, 4) is 0 Å². The van der Waals surface area contributed by atoms with Gasteiger partial charge in [0.2, 0.25) is 5.91 Å². The Morgan fingerprint density at radius 1 is 0.960 bits per heavy atom. The molecule has 3 rings (SSSR count). The van der Waals surface area contributed by atoms with E-state index in [2.05, 4.69) is 11.4 Å². The molecule has 140 valence electrons. The Hall–Kier alpha value is -1.52. The third kappa shape index (κ3) is 4.99. The summed E-state index contributed by atoms with van der Waals surface area (Å²) in [5, 5.41) is 2.98. The Bertz CT molecular complexity index is 495. The van der Waals surface area contributed by atoms with Crippen LogP contribution in [0.15, 0.2) is 11.8 Å². The van der Waals surface area contributed by atoms with Crippen LogP contribution in [0.4, 0.5) is 4.79 Å². The predicted octanol–water partition coefficient (Wildman–Crippen LogP) is 3.66. The second kappa shape index (κ2) is 9.25. The summed E-state index contributed by atoms with van der Waals surface area (Å²) in [5.41, 5.74) is 1.23. The molecule has 0 aromatic heterocycles. The molecule has 0 aromatic carbocycles. The summed E-state index contributed by atoms with van der Waals surface area (Å²) in [5.74, 6) is 0.756. The first-order chi connectivity index (χ1) is 12.3. The van der Waals surface area contributed by atoms with Crippen LogP contribution in [-0.4, -0.2) is 47.9 Å². The molecule has 3 amide bonds. The van der Waals surface area contributed by atoms with Crippen molar-refractivity contribution in [3.63, 3.8) is 0 Å². The van der Waals surface area contributed by atoms with Gasteiger partial charge in [-0.2, -0.15) is 0 Å². The summed E-state index contributed by atoms with van der Waals surface area (Å²) in [6.45, 7) is 3.03. The molecule has 0 radical (unpaired) electrons. The smallest absolute Gasteiger partial charge is 0.321 e. The lowest BCUT2D eigenvalue weighted by Gasteiger charge is -2.37. The van der Waals surface area contributed by atoms with Crippen LogP contribution in [0.3, 0.4) is 0 Å². The van der Waals surface area contributed by atoms with E-state index in [0.29, 0.717) is 18.9 Å². The molecule has 2 heterocycles. The fourth-order valence-corrected chi connectivity index (χ4v) is 4.42. The monoisotopic (exact) mass is 347 g/mol. The summed E-state index contributed by atoms with van der Waals surface area (Å²) in [6, 6.07) is -0.0154. The maximum atomic E-state index is 12.6. The zero-order chi connectivity index (χ0) is 17.5. The number of piperidine rings is 1. The van der Waals surface area contributed by atoms with Crippen LogP contribution in [0.2, 0.25) is 0 Å². The molecule has 3 aliphatic rings. The summed E-state index contributed by atoms with van der Waals surface area (Å²) in [6.07, 6.45) is 14.5. The Labute approximate surface area is 151 Å². The number of fused-ring (bicyclic) bond motifs is 1. The second-order valence-electron chi connectivity index (χ2n) is 7.68. The number of allylic oxidation sites excluding steroid dienone is 2. The van der Waals surface area contributed by atoms with Crippen LogP contribution in [-0.2, 0) is 4.79 Å². The number of nitrogens with zero attached hydrogens (tertiary/aromatic N) is 2. The average molecular weight is 348 g/mol. The van der Waals surface area contributed by atoms with E-state index >= 15 is 0 Å². The van der Waals surface area contributed by atoms with E-state index in [1.165, 1.54) is 44.2 Å². The number of hydrogen-bond acceptors (Lipinski definition) is 2. The molecule has 5 nitrogen and oxygen atoms in total. The number of urea groups is 1. The van der Waals surface area contributed by atoms with Crippen LogP contribution in [0.1, 0.15) is 70.6 Å². The fraction of sp³-hybridized carbons (Fsp3) is 0.800. The summed E-state index contributed by atoms with van der Waals surface area (Å²) >= 11 is 0. The van der Waals surface area contributed by atoms with Crippen LogP contribution in [0.25, 0.3) is 0 Å². The zero-order valence-electron chi connectivity index (χ0n) is 15.5. The molecule has 0 saturated carbocycles. The molecule has 1 unspecified atom stereocenters. The number of hydrogen-bond donors (Lipinski definition) is 1. The second-order valence-corrected chi connectivity index (χ2v) is 7.68. The van der Waals surface area contributed by atoms with E-state index in [4.69, 9.17) is 0 Å². The van der Waals surface area contributed by atoms with E-state index in [1.54, 1.807) is 0 Å². The van der Waals surface area contributed by atoms with Crippen molar-refractivity contribution in [1.29, 1.82) is 0 Å². The summed E-state index contributed by atoms with van der Waals surface area (Å²) in [4.78, 5) is 28.9. The highest BCUT2D eigenvalue weighted by Gasteiger charge is 2.30. The lowest BCUT2D eigenvalue weighted by Crippen LogP contribution is -2.45. The Morgan fingerprint density at radius 3 is 2.48 bits per heavy atom. The van der Waals surface area contributed by atoms with Crippen LogP contribution >= 0.6 is 0 Å². The fourth-order valence-electron chi connectivity index (χ4n) is 4.42. The van der Waals surface area contributed by atoms with E-state index in [1.807, 2.05) is 9.80 Å². The maximum Gasteiger partial charge on any atom is 0.321 e. The SMILES string of the molecule is O=C(CCNC(=O)N1CCCC2CCCC=C21)N1CCCCCCC1. The van der Waals surface area contributed by atoms with Crippen molar-refractivity contribution >= 4 is 11.9 Å². The van der Waals surface area contributed by atoms with Gasteiger partial charge < -0.3 is 10.2 Å². The van der Waals surface area contributed by atoms with Crippen molar-refractivity contribution in [2.45, 2.75) is 70.6 Å². The van der Waals surface area contributed by atoms with Gasteiger partial charge in [-0.15, -0.1) is 0 Å². The number of carbonyl (C=O) groups is 2. The topological polar surface area (TPSA) is 52.7 Å². The van der Waals surface area contributed by atoms with Crippen molar-refractivity contribution in [2.24, 2.45) is 5.92 Å². The molecular formula is C20H33N3O2. The molecule has 2 saturated heterocycles. The van der Waals surface area contributed by atoms with Gasteiger partial charge in [-0.05, 0) is 50.9 Å². The van der Waals surface area contributed by atoms with Crippen molar-refractivity contribution < 1.29 is 9.59 Å². The van der Waals surface area contributed by atoms with E-state index in [0.717, 1.165) is 45.3 Å². The molecule has 25 heavy (non-hydrogen) atoms. The molecule has 1 atom stereocenters. The van der Waals surface area contributed by atoms with E-state index in [-0.39, 0.29) is 11.9 Å². The summed E-state index contributed by atoms with van der Waals surface area (Å²) < 4.78 is 0. The van der Waals surface area contributed by atoms with Gasteiger partial charge in [-0.1, -0.05) is 25.3 Å². The van der Waals surface area contributed by atoms with Crippen molar-refractivity contribution in [3.05, 3.63) is 11.8 Å². The third-order valence-corrected chi connectivity index (χ3v) is 5.84. The molecule has 1 N–H and O–H groups in total. The number of rotatable bonds is 3. The molecule has 2 aliphatic heterocycles. The lowest BCUT2D eigenvalue weighted by molar-refractivity contribution is -0.131. The average Bonchev–Trinajstić information content (AvgIpc) is 2.60. The Kier molecular flexibility index (Phi) is 6.76. The van der Waals surface area contributed by atoms with Crippen LogP contribution in [0, 0.1) is 5.92 Å². The Balaban J connectivity index is 1.44. The number of carbonyl (C=O) groups excluding carboxylic acids is 2. The van der Waals surface area contributed by atoms with Gasteiger partial charge in [0.1, 0.15) is 0 Å². The summed E-state index contributed by atoms with van der Waals surface area (Å²) in [7, 11) is 0. The molecule has 0 aromatic rings. The van der Waals surface area contributed by atoms with Crippen molar-refractivity contribution in [2.75, 3.05) is 26.2 Å².